The maximum Gasteiger partial charge on any atom is 0.232 e. The van der Waals surface area contributed by atoms with Crippen molar-refractivity contribution in [1.29, 1.82) is 0 Å². The standard InChI is InChI=1S/C11H11BrN2O2/c1-7-2-10(15)14(11(7)16)6-8-3-9(12)5-13-4-8/h3-5,7H,2,6H2,1H3. The van der Waals surface area contributed by atoms with Crippen LogP contribution in [0.4, 0.5) is 0 Å². The fraction of sp³-hybridized carbons (Fsp3) is 0.364. The Labute approximate surface area is 102 Å². The Bertz CT molecular complexity index is 447. The molecule has 0 saturated carbocycles. The number of amides is 2. The number of nitrogens with zero attached hydrogens (tertiary/aromatic N) is 2. The molecule has 16 heavy (non-hydrogen) atoms. The van der Waals surface area contributed by atoms with Gasteiger partial charge in [0, 0.05) is 29.2 Å². The second-order valence-electron chi connectivity index (χ2n) is 3.93. The van der Waals surface area contributed by atoms with E-state index in [9.17, 15) is 9.59 Å². The summed E-state index contributed by atoms with van der Waals surface area (Å²) in [6.45, 7) is 2.09. The highest BCUT2D eigenvalue weighted by Crippen LogP contribution is 2.21. The zero-order valence-corrected chi connectivity index (χ0v) is 10.4. The normalized spacial score (nSPS) is 20.6. The molecule has 1 aliphatic rings. The van der Waals surface area contributed by atoms with Crippen LogP contribution in [0.2, 0.25) is 0 Å². The molecule has 2 heterocycles. The van der Waals surface area contributed by atoms with E-state index in [1.54, 1.807) is 19.3 Å². The van der Waals surface area contributed by atoms with Gasteiger partial charge in [-0.2, -0.15) is 0 Å². The number of likely N-dealkylation sites (tertiary alicyclic amines) is 1. The van der Waals surface area contributed by atoms with Gasteiger partial charge < -0.3 is 0 Å². The first-order chi connectivity index (χ1) is 7.58. The third-order valence-electron chi connectivity index (χ3n) is 2.57. The molecule has 1 atom stereocenters. The van der Waals surface area contributed by atoms with Gasteiger partial charge in [-0.1, -0.05) is 6.92 Å². The van der Waals surface area contributed by atoms with Crippen molar-refractivity contribution in [3.63, 3.8) is 0 Å². The van der Waals surface area contributed by atoms with Gasteiger partial charge in [-0.25, -0.2) is 0 Å². The first-order valence-electron chi connectivity index (χ1n) is 5.01. The summed E-state index contributed by atoms with van der Waals surface area (Å²) < 4.78 is 0.845. The molecule has 0 N–H and O–H groups in total. The van der Waals surface area contributed by atoms with Crippen molar-refractivity contribution in [2.75, 3.05) is 0 Å². The summed E-state index contributed by atoms with van der Waals surface area (Å²) in [7, 11) is 0. The molecule has 1 saturated heterocycles. The molecular weight excluding hydrogens is 272 g/mol. The first-order valence-corrected chi connectivity index (χ1v) is 5.81. The Morgan fingerprint density at radius 3 is 2.81 bits per heavy atom. The molecule has 0 aliphatic carbocycles. The van der Waals surface area contributed by atoms with E-state index in [4.69, 9.17) is 0 Å². The van der Waals surface area contributed by atoms with Crippen LogP contribution in [0.15, 0.2) is 22.9 Å². The van der Waals surface area contributed by atoms with E-state index in [2.05, 4.69) is 20.9 Å². The lowest BCUT2D eigenvalue weighted by Crippen LogP contribution is -2.29. The highest BCUT2D eigenvalue weighted by molar-refractivity contribution is 9.10. The fourth-order valence-electron chi connectivity index (χ4n) is 1.74. The van der Waals surface area contributed by atoms with Crippen LogP contribution < -0.4 is 0 Å². The monoisotopic (exact) mass is 282 g/mol. The second kappa shape index (κ2) is 4.33. The van der Waals surface area contributed by atoms with Crippen LogP contribution in [0, 0.1) is 5.92 Å². The number of hydrogen-bond donors (Lipinski definition) is 0. The number of rotatable bonds is 2. The molecule has 2 rings (SSSR count). The van der Waals surface area contributed by atoms with Gasteiger partial charge in [0.25, 0.3) is 0 Å². The van der Waals surface area contributed by atoms with Crippen molar-refractivity contribution < 1.29 is 9.59 Å². The van der Waals surface area contributed by atoms with Crippen molar-refractivity contribution in [2.24, 2.45) is 5.92 Å². The summed E-state index contributed by atoms with van der Waals surface area (Å²) in [5.41, 5.74) is 0.852. The van der Waals surface area contributed by atoms with E-state index >= 15 is 0 Å². The Morgan fingerprint density at radius 2 is 2.25 bits per heavy atom. The van der Waals surface area contributed by atoms with Crippen molar-refractivity contribution in [2.45, 2.75) is 19.9 Å². The van der Waals surface area contributed by atoms with Crippen LogP contribution >= 0.6 is 15.9 Å². The first kappa shape index (κ1) is 11.3. The van der Waals surface area contributed by atoms with Gasteiger partial charge in [0.2, 0.25) is 11.8 Å². The average molecular weight is 283 g/mol. The van der Waals surface area contributed by atoms with Crippen LogP contribution in [-0.2, 0) is 16.1 Å². The molecule has 1 unspecified atom stereocenters. The van der Waals surface area contributed by atoms with E-state index in [0.29, 0.717) is 13.0 Å². The van der Waals surface area contributed by atoms with Crippen molar-refractivity contribution in [1.82, 2.24) is 9.88 Å². The lowest BCUT2D eigenvalue weighted by Gasteiger charge is -2.14. The summed E-state index contributed by atoms with van der Waals surface area (Å²) in [6.07, 6.45) is 3.65. The van der Waals surface area contributed by atoms with Gasteiger partial charge in [0.1, 0.15) is 0 Å². The minimum absolute atomic E-state index is 0.0926. The number of aromatic nitrogens is 1. The minimum atomic E-state index is -0.187. The predicted molar refractivity (Wildman–Crippen MR) is 61.3 cm³/mol. The molecule has 1 aromatic heterocycles. The summed E-state index contributed by atoms with van der Waals surface area (Å²) in [5, 5.41) is 0. The van der Waals surface area contributed by atoms with Crippen LogP contribution in [-0.4, -0.2) is 21.7 Å². The number of carbonyl (C=O) groups is 2. The van der Waals surface area contributed by atoms with Crippen LogP contribution in [0.1, 0.15) is 18.9 Å². The van der Waals surface area contributed by atoms with E-state index in [1.165, 1.54) is 4.90 Å². The largest absolute Gasteiger partial charge is 0.278 e. The Morgan fingerprint density at radius 1 is 1.50 bits per heavy atom. The van der Waals surface area contributed by atoms with Crippen molar-refractivity contribution >= 4 is 27.7 Å². The van der Waals surface area contributed by atoms with Crippen LogP contribution in [0.25, 0.3) is 0 Å². The highest BCUT2D eigenvalue weighted by Gasteiger charge is 2.35. The third kappa shape index (κ3) is 2.14. The number of carbonyl (C=O) groups excluding carboxylic acids is 2. The van der Waals surface area contributed by atoms with Gasteiger partial charge in [-0.15, -0.1) is 0 Å². The summed E-state index contributed by atoms with van der Waals surface area (Å²) >= 11 is 3.30. The Kier molecular flexibility index (Phi) is 3.05. The molecule has 0 aromatic carbocycles. The SMILES string of the molecule is CC1CC(=O)N(Cc2cncc(Br)c2)C1=O. The zero-order chi connectivity index (χ0) is 11.7. The third-order valence-corrected chi connectivity index (χ3v) is 3.01. The number of hydrogen-bond acceptors (Lipinski definition) is 3. The molecule has 0 radical (unpaired) electrons. The molecular formula is C11H11BrN2O2. The molecule has 0 spiro atoms. The van der Waals surface area contributed by atoms with Gasteiger partial charge >= 0.3 is 0 Å². The molecule has 1 aromatic rings. The van der Waals surface area contributed by atoms with Crippen molar-refractivity contribution in [3.8, 4) is 0 Å². The predicted octanol–water partition coefficient (Wildman–Crippen LogP) is 1.74. The molecule has 1 aliphatic heterocycles. The minimum Gasteiger partial charge on any atom is -0.278 e. The molecule has 84 valence electrons. The van der Waals surface area contributed by atoms with E-state index in [-0.39, 0.29) is 17.7 Å². The summed E-state index contributed by atoms with van der Waals surface area (Å²) in [4.78, 5) is 28.5. The second-order valence-corrected chi connectivity index (χ2v) is 4.85. The van der Waals surface area contributed by atoms with Crippen molar-refractivity contribution in [3.05, 3.63) is 28.5 Å². The smallest absolute Gasteiger partial charge is 0.232 e. The Hall–Kier alpha value is -1.23. The topological polar surface area (TPSA) is 50.3 Å². The molecule has 1 fully saturated rings. The van der Waals surface area contributed by atoms with Gasteiger partial charge in [0.15, 0.2) is 0 Å². The lowest BCUT2D eigenvalue weighted by molar-refractivity contribution is -0.139. The van der Waals surface area contributed by atoms with E-state index in [0.717, 1.165) is 10.0 Å². The maximum atomic E-state index is 11.7. The number of imide groups is 1. The highest BCUT2D eigenvalue weighted by atomic mass is 79.9. The molecule has 2 amide bonds. The number of pyridine rings is 1. The van der Waals surface area contributed by atoms with Crippen LogP contribution in [0.5, 0.6) is 0 Å². The van der Waals surface area contributed by atoms with E-state index in [1.807, 2.05) is 6.07 Å². The maximum absolute atomic E-state index is 11.7. The average Bonchev–Trinajstić information content (AvgIpc) is 2.45. The zero-order valence-electron chi connectivity index (χ0n) is 8.81. The molecule has 4 nitrogen and oxygen atoms in total. The van der Waals surface area contributed by atoms with E-state index < -0.39 is 0 Å². The van der Waals surface area contributed by atoms with Crippen LogP contribution in [0.3, 0.4) is 0 Å². The Balaban J connectivity index is 2.16. The summed E-state index contributed by atoms with van der Waals surface area (Å²) in [6, 6.07) is 1.86. The quantitative estimate of drug-likeness (QED) is 0.777. The van der Waals surface area contributed by atoms with Gasteiger partial charge in [-0.3, -0.25) is 19.5 Å². The fourth-order valence-corrected chi connectivity index (χ4v) is 2.15. The molecule has 0 bridgehead atoms. The van der Waals surface area contributed by atoms with Gasteiger partial charge in [0.05, 0.1) is 6.54 Å². The number of halogens is 1. The van der Waals surface area contributed by atoms with Gasteiger partial charge in [-0.05, 0) is 27.6 Å². The molecule has 5 heteroatoms. The summed E-state index contributed by atoms with van der Waals surface area (Å²) in [5.74, 6) is -0.380. The lowest BCUT2D eigenvalue weighted by atomic mass is 10.1.